The molecule has 3 heterocycles. The summed E-state index contributed by atoms with van der Waals surface area (Å²) in [6.07, 6.45) is 1.19. The average Bonchev–Trinajstić information content (AvgIpc) is 3.64. The van der Waals surface area contributed by atoms with Crippen molar-refractivity contribution in [2.24, 2.45) is 18.9 Å². The van der Waals surface area contributed by atoms with Crippen molar-refractivity contribution in [1.82, 2.24) is 29.6 Å². The number of amides is 3. The molecule has 2 aliphatic heterocycles. The maximum Gasteiger partial charge on any atom is 0.226 e. The number of Topliss-reactive ketones (excluding diaryl/α,β-unsaturated/α-hetero) is 1. The Labute approximate surface area is 397 Å². The summed E-state index contributed by atoms with van der Waals surface area (Å²) >= 11 is 12.7. The number of ketones is 1. The van der Waals surface area contributed by atoms with Gasteiger partial charge < -0.3 is 34.4 Å². The van der Waals surface area contributed by atoms with E-state index in [1.807, 2.05) is 42.7 Å². The Morgan fingerprint density at radius 3 is 2.27 bits per heavy atom. The molecular weight excluding hydrogens is 908 g/mol. The van der Waals surface area contributed by atoms with Crippen molar-refractivity contribution in [2.75, 3.05) is 33.8 Å². The fraction of sp³-hybridized carbons (Fsp3) is 0.380. The van der Waals surface area contributed by atoms with Gasteiger partial charge in [-0.05, 0) is 101 Å². The maximum absolute atomic E-state index is 15.4. The Morgan fingerprint density at radius 1 is 0.910 bits per heavy atom. The summed E-state index contributed by atoms with van der Waals surface area (Å²) in [7, 11) is 5.87. The third-order valence-corrected chi connectivity index (χ3v) is 13.1. The van der Waals surface area contributed by atoms with E-state index in [2.05, 4.69) is 10.3 Å². The van der Waals surface area contributed by atoms with Gasteiger partial charge in [0.25, 0.3) is 0 Å². The summed E-state index contributed by atoms with van der Waals surface area (Å²) in [5.74, 6) is -7.14. The van der Waals surface area contributed by atoms with E-state index in [0.717, 1.165) is 22.6 Å². The first-order valence-corrected chi connectivity index (χ1v) is 22.8. The van der Waals surface area contributed by atoms with Crippen LogP contribution in [0.4, 0.5) is 13.2 Å². The first kappa shape index (κ1) is 49.2. The summed E-state index contributed by atoms with van der Waals surface area (Å²) in [5.41, 5.74) is 1.30. The van der Waals surface area contributed by atoms with Gasteiger partial charge in [0.2, 0.25) is 17.7 Å². The standard InChI is InChI=1S/C50H53Cl2F3N6O6/c1-30-44(63)19-35(28-62)48(65)57-50(24-31-6-11-36(51)12-7-31)16-5-17-60(29-50)49(66)34(18-40-41(54)22-38(53)23-42(40)55)20-47(64)61(30)26-33-8-13-37(52)21-45(33)67-39-14-9-32(10-15-39)43-25-56-46(59(43)4)27-58(2)3/h6-15,21-23,25,30,34-35,62H,5,16-20,24,26-29H2,1-4H3,(H,57,65)/t30-,34+,35-,50+/m0/s1. The van der Waals surface area contributed by atoms with Gasteiger partial charge in [0, 0.05) is 71.8 Å². The van der Waals surface area contributed by atoms with Crippen LogP contribution in [0.5, 0.6) is 11.5 Å². The van der Waals surface area contributed by atoms with E-state index in [4.69, 9.17) is 27.9 Å². The van der Waals surface area contributed by atoms with Crippen LogP contribution in [0.3, 0.4) is 0 Å². The highest BCUT2D eigenvalue weighted by molar-refractivity contribution is 6.31. The number of nitrogens with zero attached hydrogens (tertiary/aromatic N) is 5. The molecule has 4 atom stereocenters. The Balaban J connectivity index is 1.24. The topological polar surface area (TPSA) is 137 Å². The van der Waals surface area contributed by atoms with E-state index in [1.165, 1.54) is 16.7 Å². The molecule has 7 rings (SSSR count). The number of carbonyl (C=O) groups excluding carboxylic acids is 4. The van der Waals surface area contributed by atoms with Gasteiger partial charge in [0.05, 0.1) is 55.0 Å². The summed E-state index contributed by atoms with van der Waals surface area (Å²) in [6.45, 7) is 1.34. The Morgan fingerprint density at radius 2 is 1.60 bits per heavy atom. The van der Waals surface area contributed by atoms with Gasteiger partial charge in [0.1, 0.15) is 34.8 Å². The molecule has 2 saturated heterocycles. The third kappa shape index (κ3) is 11.7. The summed E-state index contributed by atoms with van der Waals surface area (Å²) in [6, 6.07) is 18.8. The number of imidazole rings is 1. The lowest BCUT2D eigenvalue weighted by molar-refractivity contribution is -0.147. The number of rotatable bonds is 12. The minimum atomic E-state index is -1.39. The second kappa shape index (κ2) is 21.1. The molecule has 67 heavy (non-hydrogen) atoms. The monoisotopic (exact) mass is 960 g/mol. The van der Waals surface area contributed by atoms with Crippen molar-refractivity contribution in [2.45, 2.75) is 70.1 Å². The second-order valence-corrected chi connectivity index (χ2v) is 18.7. The van der Waals surface area contributed by atoms with E-state index in [0.29, 0.717) is 52.9 Å². The largest absolute Gasteiger partial charge is 0.457 e. The summed E-state index contributed by atoms with van der Waals surface area (Å²) in [4.78, 5) is 67.5. The van der Waals surface area contributed by atoms with Crippen molar-refractivity contribution in [3.8, 4) is 22.8 Å². The third-order valence-electron chi connectivity index (χ3n) is 12.6. The molecule has 354 valence electrons. The number of halogens is 5. The number of ether oxygens (including phenoxy) is 1. The van der Waals surface area contributed by atoms with Crippen LogP contribution in [0, 0.1) is 29.3 Å². The molecule has 0 spiro atoms. The maximum atomic E-state index is 15.4. The van der Waals surface area contributed by atoms with Crippen molar-refractivity contribution < 1.29 is 42.2 Å². The molecule has 17 heteroatoms. The number of fused-ring (bicyclic) bond motifs is 2. The first-order chi connectivity index (χ1) is 31.9. The van der Waals surface area contributed by atoms with Gasteiger partial charge in [0.15, 0.2) is 5.78 Å². The van der Waals surface area contributed by atoms with Crippen LogP contribution in [0.1, 0.15) is 55.1 Å². The number of hydrogen-bond donors (Lipinski definition) is 2. The zero-order valence-electron chi connectivity index (χ0n) is 37.7. The molecule has 0 saturated carbocycles. The smallest absolute Gasteiger partial charge is 0.226 e. The van der Waals surface area contributed by atoms with Crippen molar-refractivity contribution in [3.05, 3.63) is 135 Å². The molecular formula is C50H53Cl2F3N6O6. The van der Waals surface area contributed by atoms with Gasteiger partial charge >= 0.3 is 0 Å². The lowest BCUT2D eigenvalue weighted by Crippen LogP contribution is -2.63. The fourth-order valence-corrected chi connectivity index (χ4v) is 9.27. The van der Waals surface area contributed by atoms with Crippen molar-refractivity contribution in [1.29, 1.82) is 0 Å². The molecule has 0 unspecified atom stereocenters. The van der Waals surface area contributed by atoms with E-state index < -0.39 is 95.8 Å². The van der Waals surface area contributed by atoms with Gasteiger partial charge in [-0.1, -0.05) is 41.4 Å². The van der Waals surface area contributed by atoms with E-state index in [9.17, 15) is 28.7 Å². The zero-order valence-corrected chi connectivity index (χ0v) is 39.2. The van der Waals surface area contributed by atoms with Crippen LogP contribution in [-0.4, -0.2) is 98.2 Å². The fourth-order valence-electron chi connectivity index (χ4n) is 8.99. The van der Waals surface area contributed by atoms with Crippen LogP contribution in [0.25, 0.3) is 11.3 Å². The summed E-state index contributed by atoms with van der Waals surface area (Å²) in [5, 5.41) is 14.5. The van der Waals surface area contributed by atoms with Crippen LogP contribution < -0.4 is 10.1 Å². The lowest BCUT2D eigenvalue weighted by atomic mass is 9.81. The van der Waals surface area contributed by atoms with Gasteiger partial charge in [-0.3, -0.25) is 19.2 Å². The Bertz CT molecular complexity index is 2610. The van der Waals surface area contributed by atoms with Crippen molar-refractivity contribution in [3.63, 3.8) is 0 Å². The number of carbonyl (C=O) groups is 4. The highest BCUT2D eigenvalue weighted by atomic mass is 35.5. The molecule has 2 bridgehead atoms. The predicted molar refractivity (Wildman–Crippen MR) is 248 cm³/mol. The zero-order chi connectivity index (χ0) is 48.2. The van der Waals surface area contributed by atoms with E-state index in [1.54, 1.807) is 60.8 Å². The molecule has 12 nitrogen and oxygen atoms in total. The minimum absolute atomic E-state index is 0.0580. The number of aliphatic hydroxyl groups excluding tert-OH is 1. The van der Waals surface area contributed by atoms with Gasteiger partial charge in [-0.2, -0.15) is 0 Å². The lowest BCUT2D eigenvalue weighted by Gasteiger charge is -2.45. The molecule has 0 aliphatic carbocycles. The highest BCUT2D eigenvalue weighted by Crippen LogP contribution is 2.35. The van der Waals surface area contributed by atoms with Gasteiger partial charge in [-0.15, -0.1) is 0 Å². The molecule has 2 aliphatic rings. The van der Waals surface area contributed by atoms with Crippen LogP contribution in [-0.2, 0) is 52.2 Å². The van der Waals surface area contributed by atoms with Crippen molar-refractivity contribution >= 4 is 46.7 Å². The quantitative estimate of drug-likeness (QED) is 0.129. The van der Waals surface area contributed by atoms with E-state index in [-0.39, 0.29) is 31.8 Å². The van der Waals surface area contributed by atoms with Crippen LogP contribution in [0.15, 0.2) is 85.1 Å². The second-order valence-electron chi connectivity index (χ2n) is 17.9. The SMILES string of the molecule is C[C@H]1C(=O)C[C@@H](CO)C(=O)N[C@@]2(Cc3ccc(Cl)cc3)CCCN(C2)C(=O)[C@H](Cc2c(F)cc(F)cc2F)CC(=O)N1Cc1ccc(Cl)cc1Oc1ccc(-c2cnc(CN(C)C)n2C)cc1. The number of aromatic nitrogens is 2. The van der Waals surface area contributed by atoms with E-state index >= 15 is 8.78 Å². The highest BCUT2D eigenvalue weighted by Gasteiger charge is 2.43. The van der Waals surface area contributed by atoms with Crippen LogP contribution >= 0.6 is 23.2 Å². The van der Waals surface area contributed by atoms with Crippen LogP contribution in [0.2, 0.25) is 10.0 Å². The molecule has 4 aromatic carbocycles. The van der Waals surface area contributed by atoms with Gasteiger partial charge in [-0.25, -0.2) is 18.2 Å². The average molecular weight is 962 g/mol. The molecule has 3 amide bonds. The molecule has 5 aromatic rings. The Kier molecular flexibility index (Phi) is 15.5. The summed E-state index contributed by atoms with van der Waals surface area (Å²) < 4.78 is 53.3. The minimum Gasteiger partial charge on any atom is -0.457 e. The number of benzene rings is 4. The number of hydrogen-bond acceptors (Lipinski definition) is 8. The Hall–Kier alpha value is -5.74. The molecule has 0 radical (unpaired) electrons. The number of nitrogens with one attached hydrogen (secondary N) is 1. The molecule has 2 fully saturated rings. The normalized spacial score (nSPS) is 20.9. The number of piperidine rings is 1. The first-order valence-electron chi connectivity index (χ1n) is 22.1. The molecule has 1 aromatic heterocycles. The molecule has 2 N–H and O–H groups in total. The number of aliphatic hydroxyl groups is 1. The predicted octanol–water partition coefficient (Wildman–Crippen LogP) is 7.93.